The Bertz CT molecular complexity index is 901. The largest absolute Gasteiger partial charge is 0.339 e. The molecule has 1 aromatic rings. The quantitative estimate of drug-likeness (QED) is 0.701. The lowest BCUT2D eigenvalue weighted by Crippen LogP contribution is -2.65. The number of amides is 2. The van der Waals surface area contributed by atoms with Crippen LogP contribution in [0, 0.1) is 11.8 Å². The zero-order valence-corrected chi connectivity index (χ0v) is 20.1. The Kier molecular flexibility index (Phi) is 5.59. The minimum absolute atomic E-state index is 0.158. The third-order valence-corrected chi connectivity index (χ3v) is 8.84. The number of likely N-dealkylation sites (tertiary alicyclic amines) is 1. The molecule has 1 N–H and O–H groups in total. The second kappa shape index (κ2) is 8.40. The number of piperazine rings is 1. The number of halogens is 2. The van der Waals surface area contributed by atoms with Gasteiger partial charge >= 0.3 is 6.03 Å². The molecule has 5 fully saturated rings. The molecule has 1 aromatic heterocycles. The lowest BCUT2D eigenvalue weighted by Gasteiger charge is -2.47. The van der Waals surface area contributed by atoms with Crippen molar-refractivity contribution in [3.05, 3.63) is 11.7 Å². The van der Waals surface area contributed by atoms with Gasteiger partial charge in [0.25, 0.3) is 5.92 Å². The first kappa shape index (κ1) is 22.6. The number of hydrogen-bond donors (Lipinski definition) is 1. The van der Waals surface area contributed by atoms with Crippen molar-refractivity contribution in [2.45, 2.75) is 81.8 Å². The van der Waals surface area contributed by atoms with Crippen molar-refractivity contribution in [2.75, 3.05) is 39.3 Å². The maximum Gasteiger partial charge on any atom is 0.317 e. The van der Waals surface area contributed by atoms with Gasteiger partial charge in [-0.2, -0.15) is 4.98 Å². The summed E-state index contributed by atoms with van der Waals surface area (Å²) in [5, 5.41) is 6.96. The SMILES string of the molecule is CC(C)N1CCN([C@H]2CCCC(F)(F)[C@@H]2NC(=O)N2C[C@@H]3[C@H](C2)[C@@H]3c2noc(C3CC3)n2)CC1. The summed E-state index contributed by atoms with van der Waals surface area (Å²) in [5.74, 6) is -0.0971. The van der Waals surface area contributed by atoms with Gasteiger partial charge < -0.3 is 14.7 Å². The smallest absolute Gasteiger partial charge is 0.317 e. The highest BCUT2D eigenvalue weighted by Crippen LogP contribution is 2.57. The Labute approximate surface area is 199 Å². The van der Waals surface area contributed by atoms with Gasteiger partial charge in [0.05, 0.1) is 0 Å². The van der Waals surface area contributed by atoms with E-state index in [2.05, 4.69) is 39.1 Å². The fourth-order valence-corrected chi connectivity index (χ4v) is 6.51. The Balaban J connectivity index is 1.07. The molecule has 2 saturated heterocycles. The number of hydrogen-bond acceptors (Lipinski definition) is 6. The van der Waals surface area contributed by atoms with Gasteiger partial charge in [0, 0.05) is 69.6 Å². The number of urea groups is 1. The number of nitrogens with zero attached hydrogens (tertiary/aromatic N) is 5. The molecule has 34 heavy (non-hydrogen) atoms. The molecule has 0 radical (unpaired) electrons. The van der Waals surface area contributed by atoms with E-state index < -0.39 is 12.0 Å². The first-order chi connectivity index (χ1) is 16.3. The fraction of sp³-hybridized carbons (Fsp3) is 0.875. The van der Waals surface area contributed by atoms with Crippen LogP contribution in [0.25, 0.3) is 0 Å². The van der Waals surface area contributed by atoms with E-state index in [-0.39, 0.29) is 24.4 Å². The lowest BCUT2D eigenvalue weighted by atomic mass is 9.85. The van der Waals surface area contributed by atoms with E-state index in [0.29, 0.717) is 49.7 Å². The maximum absolute atomic E-state index is 15.1. The molecule has 0 spiro atoms. The number of fused-ring (bicyclic) bond motifs is 1. The number of rotatable bonds is 5. The van der Waals surface area contributed by atoms with Crippen LogP contribution in [0.5, 0.6) is 0 Å². The standard InChI is InChI=1S/C24H36F2N6O2/c1-14(2)30-8-10-31(11-9-30)18-4-3-7-24(25,26)20(18)27-23(33)32-12-16-17(13-32)19(16)21-28-22(34-29-21)15-5-6-15/h14-20H,3-13H2,1-2H3,(H,27,33)/t16-,17+,18-,19-,20+/m0/s1. The van der Waals surface area contributed by atoms with Gasteiger partial charge in [-0.1, -0.05) is 5.16 Å². The highest BCUT2D eigenvalue weighted by atomic mass is 19.3. The fourth-order valence-electron chi connectivity index (χ4n) is 6.51. The molecule has 5 atom stereocenters. The lowest BCUT2D eigenvalue weighted by molar-refractivity contribution is -0.0971. The van der Waals surface area contributed by atoms with Crippen LogP contribution >= 0.6 is 0 Å². The van der Waals surface area contributed by atoms with E-state index in [4.69, 9.17) is 4.52 Å². The van der Waals surface area contributed by atoms with Crippen molar-refractivity contribution in [1.82, 2.24) is 30.2 Å². The maximum atomic E-state index is 15.1. The van der Waals surface area contributed by atoms with Gasteiger partial charge in [0.15, 0.2) is 5.82 Å². The third kappa shape index (κ3) is 4.10. The molecule has 3 saturated carbocycles. The van der Waals surface area contributed by atoms with E-state index in [1.54, 1.807) is 4.90 Å². The zero-order chi connectivity index (χ0) is 23.6. The summed E-state index contributed by atoms with van der Waals surface area (Å²) in [4.78, 5) is 23.9. The molecule has 6 rings (SSSR count). The molecule has 3 aliphatic carbocycles. The monoisotopic (exact) mass is 478 g/mol. The Morgan fingerprint density at radius 2 is 1.82 bits per heavy atom. The number of alkyl halides is 2. The topological polar surface area (TPSA) is 77.7 Å². The summed E-state index contributed by atoms with van der Waals surface area (Å²) in [6.45, 7) is 8.80. The number of aromatic nitrogens is 2. The molecule has 3 heterocycles. The average Bonchev–Trinajstić information content (AvgIpc) is 3.68. The summed E-state index contributed by atoms with van der Waals surface area (Å²) in [5.41, 5.74) is 0. The van der Waals surface area contributed by atoms with Crippen molar-refractivity contribution >= 4 is 6.03 Å². The van der Waals surface area contributed by atoms with E-state index in [0.717, 1.165) is 50.7 Å². The van der Waals surface area contributed by atoms with Crippen LogP contribution in [0.15, 0.2) is 4.52 Å². The van der Waals surface area contributed by atoms with Crippen LogP contribution in [0.4, 0.5) is 13.6 Å². The summed E-state index contributed by atoms with van der Waals surface area (Å²) in [7, 11) is 0. The molecule has 10 heteroatoms. The molecular weight excluding hydrogens is 442 g/mol. The molecule has 2 amide bonds. The average molecular weight is 479 g/mol. The van der Waals surface area contributed by atoms with Crippen LogP contribution in [0.2, 0.25) is 0 Å². The second-order valence-electron chi connectivity index (χ2n) is 11.3. The summed E-state index contributed by atoms with van der Waals surface area (Å²) < 4.78 is 35.5. The first-order valence-corrected chi connectivity index (χ1v) is 13.1. The normalized spacial score (nSPS) is 36.0. The number of carbonyl (C=O) groups is 1. The summed E-state index contributed by atoms with van der Waals surface area (Å²) >= 11 is 0. The van der Waals surface area contributed by atoms with Crippen LogP contribution in [0.3, 0.4) is 0 Å². The molecule has 188 valence electrons. The molecule has 0 unspecified atom stereocenters. The highest BCUT2D eigenvalue weighted by Gasteiger charge is 2.60. The van der Waals surface area contributed by atoms with Crippen molar-refractivity contribution in [3.8, 4) is 0 Å². The molecule has 5 aliphatic rings. The van der Waals surface area contributed by atoms with E-state index in [9.17, 15) is 4.79 Å². The zero-order valence-electron chi connectivity index (χ0n) is 20.1. The van der Waals surface area contributed by atoms with E-state index in [1.165, 1.54) is 0 Å². The van der Waals surface area contributed by atoms with Gasteiger partial charge in [0.1, 0.15) is 6.04 Å². The first-order valence-electron chi connectivity index (χ1n) is 13.1. The van der Waals surface area contributed by atoms with Crippen molar-refractivity contribution in [3.63, 3.8) is 0 Å². The summed E-state index contributed by atoms with van der Waals surface area (Å²) in [6, 6.07) is -1.34. The van der Waals surface area contributed by atoms with E-state index in [1.807, 2.05) is 0 Å². The molecule has 0 aromatic carbocycles. The second-order valence-corrected chi connectivity index (χ2v) is 11.3. The van der Waals surface area contributed by atoms with Crippen LogP contribution < -0.4 is 5.32 Å². The predicted octanol–water partition coefficient (Wildman–Crippen LogP) is 2.88. The van der Waals surface area contributed by atoms with Crippen molar-refractivity contribution in [1.29, 1.82) is 0 Å². The van der Waals surface area contributed by atoms with Crippen LogP contribution in [-0.2, 0) is 0 Å². The van der Waals surface area contributed by atoms with Gasteiger partial charge in [-0.25, -0.2) is 13.6 Å². The summed E-state index contributed by atoms with van der Waals surface area (Å²) in [6.07, 6.45) is 3.28. The number of nitrogens with one attached hydrogen (secondary N) is 1. The predicted molar refractivity (Wildman–Crippen MR) is 121 cm³/mol. The number of piperidine rings is 1. The molecule has 0 bridgehead atoms. The third-order valence-electron chi connectivity index (χ3n) is 8.84. The van der Waals surface area contributed by atoms with Crippen LogP contribution in [-0.4, -0.2) is 94.2 Å². The minimum atomic E-state index is -2.89. The van der Waals surface area contributed by atoms with Crippen LogP contribution in [0.1, 0.15) is 69.5 Å². The van der Waals surface area contributed by atoms with Gasteiger partial charge in [-0.15, -0.1) is 0 Å². The Morgan fingerprint density at radius 3 is 2.47 bits per heavy atom. The van der Waals surface area contributed by atoms with Gasteiger partial charge in [0.2, 0.25) is 5.89 Å². The number of carbonyl (C=O) groups excluding carboxylic acids is 1. The van der Waals surface area contributed by atoms with Crippen molar-refractivity contribution in [2.24, 2.45) is 11.8 Å². The molecule has 2 aliphatic heterocycles. The molecule has 8 nitrogen and oxygen atoms in total. The van der Waals surface area contributed by atoms with Crippen molar-refractivity contribution < 1.29 is 18.1 Å². The molecular formula is C24H36F2N6O2. The highest BCUT2D eigenvalue weighted by molar-refractivity contribution is 5.75. The van der Waals surface area contributed by atoms with Gasteiger partial charge in [-0.05, 0) is 51.4 Å². The Morgan fingerprint density at radius 1 is 1.12 bits per heavy atom. The van der Waals surface area contributed by atoms with E-state index >= 15 is 8.78 Å². The minimum Gasteiger partial charge on any atom is -0.339 e. The Hall–Kier alpha value is -1.81. The van der Waals surface area contributed by atoms with Gasteiger partial charge in [-0.3, -0.25) is 9.80 Å².